The molecule has 2 heteroatoms. The van der Waals surface area contributed by atoms with E-state index in [2.05, 4.69) is 40.2 Å². The van der Waals surface area contributed by atoms with Crippen LogP contribution in [-0.2, 0) is 6.42 Å². The highest BCUT2D eigenvalue weighted by Crippen LogP contribution is 2.38. The summed E-state index contributed by atoms with van der Waals surface area (Å²) in [7, 11) is 0. The van der Waals surface area contributed by atoms with E-state index in [9.17, 15) is 0 Å². The van der Waals surface area contributed by atoms with Crippen molar-refractivity contribution < 1.29 is 4.74 Å². The maximum Gasteiger partial charge on any atom is 0.123 e. The van der Waals surface area contributed by atoms with E-state index in [4.69, 9.17) is 4.74 Å². The van der Waals surface area contributed by atoms with Gasteiger partial charge in [0.05, 0.1) is 0 Å². The molecule has 0 saturated heterocycles. The zero-order chi connectivity index (χ0) is 11.0. The number of benzene rings is 1. The molecule has 1 aromatic carbocycles. The zero-order valence-corrected chi connectivity index (χ0v) is 10.9. The first-order chi connectivity index (χ1) is 7.83. The summed E-state index contributed by atoms with van der Waals surface area (Å²) in [6.07, 6.45) is 6.81. The third-order valence-electron chi connectivity index (χ3n) is 3.85. The average Bonchev–Trinajstić information content (AvgIpc) is 2.85. The van der Waals surface area contributed by atoms with E-state index in [1.165, 1.54) is 31.2 Å². The molecule has 0 aromatic heterocycles. The highest BCUT2D eigenvalue weighted by atomic mass is 79.9. The minimum Gasteiger partial charge on any atom is -0.490 e. The molecule has 1 aliphatic heterocycles. The molecule has 1 aromatic rings. The molecule has 1 aliphatic carbocycles. The van der Waals surface area contributed by atoms with Crippen LogP contribution < -0.4 is 4.74 Å². The number of para-hydroxylation sites is 1. The van der Waals surface area contributed by atoms with Crippen molar-refractivity contribution in [3.8, 4) is 5.75 Å². The van der Waals surface area contributed by atoms with Gasteiger partial charge >= 0.3 is 0 Å². The summed E-state index contributed by atoms with van der Waals surface area (Å²) in [5.74, 6) is 1.93. The average molecular weight is 281 g/mol. The molecule has 1 heterocycles. The summed E-state index contributed by atoms with van der Waals surface area (Å²) in [6, 6.07) is 8.45. The topological polar surface area (TPSA) is 9.23 Å². The van der Waals surface area contributed by atoms with Crippen LogP contribution in [0.5, 0.6) is 5.75 Å². The third kappa shape index (κ3) is 2.00. The van der Waals surface area contributed by atoms with Gasteiger partial charge in [-0.25, -0.2) is 0 Å². The van der Waals surface area contributed by atoms with E-state index in [0.29, 0.717) is 6.10 Å². The van der Waals surface area contributed by atoms with Crippen LogP contribution in [0.1, 0.15) is 31.2 Å². The SMILES string of the molecule is BrC1CCCC1CC1Cc2ccccc2O1. The second-order valence-electron chi connectivity index (χ2n) is 4.99. The molecule has 0 spiro atoms. The standard InChI is InChI=1S/C14H17BrO/c15-13-6-3-5-10(13)8-12-9-11-4-1-2-7-14(11)16-12/h1-2,4,7,10,12-13H,3,5-6,8-9H2. The summed E-state index contributed by atoms with van der Waals surface area (Å²) in [4.78, 5) is 0.722. The Kier molecular flexibility index (Phi) is 2.93. The first-order valence-corrected chi connectivity index (χ1v) is 7.13. The van der Waals surface area contributed by atoms with Gasteiger partial charge in [-0.1, -0.05) is 40.5 Å². The van der Waals surface area contributed by atoms with Gasteiger partial charge in [-0.15, -0.1) is 0 Å². The van der Waals surface area contributed by atoms with Crippen LogP contribution in [-0.4, -0.2) is 10.9 Å². The maximum absolute atomic E-state index is 6.00. The lowest BCUT2D eigenvalue weighted by molar-refractivity contribution is 0.196. The Morgan fingerprint density at radius 3 is 2.88 bits per heavy atom. The molecule has 3 rings (SSSR count). The number of rotatable bonds is 2. The van der Waals surface area contributed by atoms with E-state index in [1.807, 2.05) is 0 Å². The van der Waals surface area contributed by atoms with Crippen molar-refractivity contribution in [2.24, 2.45) is 5.92 Å². The lowest BCUT2D eigenvalue weighted by Crippen LogP contribution is -2.20. The number of hydrogen-bond donors (Lipinski definition) is 0. The van der Waals surface area contributed by atoms with Gasteiger partial charge in [0.2, 0.25) is 0 Å². The van der Waals surface area contributed by atoms with Crippen molar-refractivity contribution in [2.75, 3.05) is 0 Å². The molecule has 2 aliphatic rings. The van der Waals surface area contributed by atoms with Crippen LogP contribution in [0.4, 0.5) is 0 Å². The van der Waals surface area contributed by atoms with E-state index in [1.54, 1.807) is 0 Å². The molecule has 1 fully saturated rings. The molecule has 16 heavy (non-hydrogen) atoms. The molecule has 0 radical (unpaired) electrons. The van der Waals surface area contributed by atoms with Gasteiger partial charge in [0, 0.05) is 11.2 Å². The Balaban J connectivity index is 1.63. The van der Waals surface area contributed by atoms with Crippen molar-refractivity contribution in [3.05, 3.63) is 29.8 Å². The Morgan fingerprint density at radius 1 is 1.25 bits per heavy atom. The Bertz CT molecular complexity index is 352. The van der Waals surface area contributed by atoms with Gasteiger partial charge in [-0.05, 0) is 36.8 Å². The Hall–Kier alpha value is -0.500. The monoisotopic (exact) mass is 280 g/mol. The zero-order valence-electron chi connectivity index (χ0n) is 9.36. The van der Waals surface area contributed by atoms with Gasteiger partial charge in [-0.3, -0.25) is 0 Å². The molecule has 0 amide bonds. The number of halogens is 1. The van der Waals surface area contributed by atoms with Crippen molar-refractivity contribution in [3.63, 3.8) is 0 Å². The van der Waals surface area contributed by atoms with Gasteiger partial charge in [-0.2, -0.15) is 0 Å². The minimum atomic E-state index is 0.417. The fourth-order valence-corrected chi connectivity index (χ4v) is 3.78. The molecule has 3 atom stereocenters. The second-order valence-corrected chi connectivity index (χ2v) is 6.17. The largest absolute Gasteiger partial charge is 0.490 e. The van der Waals surface area contributed by atoms with Crippen LogP contribution in [0.2, 0.25) is 0 Å². The van der Waals surface area contributed by atoms with E-state index in [0.717, 1.165) is 22.9 Å². The van der Waals surface area contributed by atoms with Crippen molar-refractivity contribution in [1.29, 1.82) is 0 Å². The predicted molar refractivity (Wildman–Crippen MR) is 69.2 cm³/mol. The summed E-state index contributed by atoms with van der Waals surface area (Å²) >= 11 is 3.79. The quantitative estimate of drug-likeness (QED) is 0.746. The smallest absolute Gasteiger partial charge is 0.123 e. The van der Waals surface area contributed by atoms with Crippen molar-refractivity contribution in [1.82, 2.24) is 0 Å². The summed E-state index contributed by atoms with van der Waals surface area (Å²) in [6.45, 7) is 0. The van der Waals surface area contributed by atoms with Crippen molar-refractivity contribution >= 4 is 15.9 Å². The minimum absolute atomic E-state index is 0.417. The Morgan fingerprint density at radius 2 is 2.12 bits per heavy atom. The normalized spacial score (nSPS) is 32.4. The third-order valence-corrected chi connectivity index (χ3v) is 5.05. The summed E-state index contributed by atoms with van der Waals surface area (Å²) < 4.78 is 6.00. The molecule has 86 valence electrons. The van der Waals surface area contributed by atoms with Gasteiger partial charge in [0.15, 0.2) is 0 Å². The lowest BCUT2D eigenvalue weighted by Gasteiger charge is -2.18. The molecule has 0 bridgehead atoms. The van der Waals surface area contributed by atoms with Gasteiger partial charge in [0.1, 0.15) is 11.9 Å². The van der Waals surface area contributed by atoms with Gasteiger partial charge < -0.3 is 4.74 Å². The molecular weight excluding hydrogens is 264 g/mol. The van der Waals surface area contributed by atoms with E-state index in [-0.39, 0.29) is 0 Å². The van der Waals surface area contributed by atoms with Gasteiger partial charge in [0.25, 0.3) is 0 Å². The number of ether oxygens (including phenoxy) is 1. The fourth-order valence-electron chi connectivity index (χ4n) is 2.98. The van der Waals surface area contributed by atoms with Crippen LogP contribution >= 0.6 is 15.9 Å². The number of alkyl halides is 1. The molecule has 1 nitrogen and oxygen atoms in total. The lowest BCUT2D eigenvalue weighted by atomic mass is 9.97. The first kappa shape index (κ1) is 10.6. The summed E-state index contributed by atoms with van der Waals surface area (Å²) in [5.41, 5.74) is 1.39. The van der Waals surface area contributed by atoms with Crippen LogP contribution in [0, 0.1) is 5.92 Å². The molecule has 1 saturated carbocycles. The van der Waals surface area contributed by atoms with E-state index < -0.39 is 0 Å². The molecule has 3 unspecified atom stereocenters. The van der Waals surface area contributed by atoms with Crippen LogP contribution in [0.15, 0.2) is 24.3 Å². The Labute approximate surface area is 105 Å². The number of hydrogen-bond acceptors (Lipinski definition) is 1. The highest BCUT2D eigenvalue weighted by molar-refractivity contribution is 9.09. The van der Waals surface area contributed by atoms with Crippen LogP contribution in [0.3, 0.4) is 0 Å². The second kappa shape index (κ2) is 4.40. The maximum atomic E-state index is 6.00. The molecule has 0 N–H and O–H groups in total. The summed E-state index contributed by atoms with van der Waals surface area (Å²) in [5, 5.41) is 0. The van der Waals surface area contributed by atoms with E-state index >= 15 is 0 Å². The highest BCUT2D eigenvalue weighted by Gasteiger charge is 2.31. The number of fused-ring (bicyclic) bond motifs is 1. The van der Waals surface area contributed by atoms with Crippen molar-refractivity contribution in [2.45, 2.75) is 43.0 Å². The first-order valence-electron chi connectivity index (χ1n) is 6.21. The fraction of sp³-hybridized carbons (Fsp3) is 0.571. The predicted octanol–water partition coefficient (Wildman–Crippen LogP) is 3.94. The van der Waals surface area contributed by atoms with Crippen LogP contribution in [0.25, 0.3) is 0 Å². The molecular formula is C14H17BrO.